The summed E-state index contributed by atoms with van der Waals surface area (Å²) in [6, 6.07) is 8.71. The van der Waals surface area contributed by atoms with Gasteiger partial charge in [0.15, 0.2) is 0 Å². The van der Waals surface area contributed by atoms with Crippen molar-refractivity contribution < 1.29 is 0 Å². The van der Waals surface area contributed by atoms with Crippen LogP contribution >= 0.6 is 22.9 Å². The molecule has 0 saturated carbocycles. The lowest BCUT2D eigenvalue weighted by atomic mass is 10.0. The van der Waals surface area contributed by atoms with Crippen molar-refractivity contribution in [1.82, 2.24) is 10.3 Å². The Labute approximate surface area is 123 Å². The molecule has 1 aromatic heterocycles. The van der Waals surface area contributed by atoms with E-state index in [1.165, 1.54) is 5.56 Å². The molecule has 1 aromatic carbocycles. The minimum Gasteiger partial charge on any atom is -0.301 e. The van der Waals surface area contributed by atoms with Gasteiger partial charge in [-0.2, -0.15) is 0 Å². The minimum atomic E-state index is 0.309. The first kappa shape index (κ1) is 14.5. The Morgan fingerprint density at radius 2 is 2.05 bits per heavy atom. The van der Waals surface area contributed by atoms with E-state index in [9.17, 15) is 0 Å². The van der Waals surface area contributed by atoms with Crippen molar-refractivity contribution in [3.05, 3.63) is 51.4 Å². The van der Waals surface area contributed by atoms with Crippen LogP contribution in [0.4, 0.5) is 0 Å². The van der Waals surface area contributed by atoms with E-state index in [1.807, 2.05) is 29.8 Å². The van der Waals surface area contributed by atoms with Crippen LogP contribution in [0.15, 0.2) is 35.8 Å². The van der Waals surface area contributed by atoms with Crippen molar-refractivity contribution in [1.29, 1.82) is 0 Å². The fourth-order valence-corrected chi connectivity index (χ4v) is 3.17. The van der Waals surface area contributed by atoms with E-state index in [0.717, 1.165) is 22.9 Å². The summed E-state index contributed by atoms with van der Waals surface area (Å²) in [6.07, 6.45) is 3.93. The summed E-state index contributed by atoms with van der Waals surface area (Å²) in [5, 5.41) is 7.66. The number of benzene rings is 1. The Morgan fingerprint density at radius 3 is 2.63 bits per heavy atom. The molecule has 2 rings (SSSR count). The standard InChI is InChI=1S/C15H19ClN2S/c1-3-13(11-6-5-7-12(16)10-11)18-14(4-2)15-17-8-9-19-15/h5-10,13-14,18H,3-4H2,1-2H3. The zero-order valence-electron chi connectivity index (χ0n) is 11.3. The molecule has 1 heterocycles. The van der Waals surface area contributed by atoms with Crippen LogP contribution in [0.2, 0.25) is 5.02 Å². The van der Waals surface area contributed by atoms with Gasteiger partial charge >= 0.3 is 0 Å². The second kappa shape index (κ2) is 7.04. The number of thiazole rings is 1. The molecule has 0 radical (unpaired) electrons. The normalized spacial score (nSPS) is 14.3. The van der Waals surface area contributed by atoms with Crippen molar-refractivity contribution in [2.45, 2.75) is 38.8 Å². The van der Waals surface area contributed by atoms with Gasteiger partial charge in [-0.1, -0.05) is 37.6 Å². The maximum absolute atomic E-state index is 6.08. The first-order valence-corrected chi connectivity index (χ1v) is 7.91. The lowest BCUT2D eigenvalue weighted by Gasteiger charge is -2.23. The number of aromatic nitrogens is 1. The van der Waals surface area contributed by atoms with Gasteiger partial charge in [0.25, 0.3) is 0 Å². The Morgan fingerprint density at radius 1 is 1.26 bits per heavy atom. The minimum absolute atomic E-state index is 0.309. The van der Waals surface area contributed by atoms with Gasteiger partial charge in [0.2, 0.25) is 0 Å². The molecule has 0 spiro atoms. The van der Waals surface area contributed by atoms with Gasteiger partial charge in [0.05, 0.1) is 6.04 Å². The van der Waals surface area contributed by atoms with Crippen LogP contribution < -0.4 is 5.32 Å². The summed E-state index contributed by atoms with van der Waals surface area (Å²) < 4.78 is 0. The highest BCUT2D eigenvalue weighted by atomic mass is 35.5. The third-order valence-corrected chi connectivity index (χ3v) is 4.34. The summed E-state index contributed by atoms with van der Waals surface area (Å²) in [4.78, 5) is 4.42. The van der Waals surface area contributed by atoms with E-state index < -0.39 is 0 Å². The molecule has 0 fully saturated rings. The van der Waals surface area contributed by atoms with Crippen LogP contribution in [0.1, 0.15) is 49.3 Å². The molecule has 102 valence electrons. The molecule has 2 atom stereocenters. The van der Waals surface area contributed by atoms with E-state index in [-0.39, 0.29) is 0 Å². The molecule has 0 aliphatic rings. The molecule has 2 aromatic rings. The van der Waals surface area contributed by atoms with Crippen molar-refractivity contribution in [2.75, 3.05) is 0 Å². The number of hydrogen-bond donors (Lipinski definition) is 1. The highest BCUT2D eigenvalue weighted by molar-refractivity contribution is 7.09. The third-order valence-electron chi connectivity index (χ3n) is 3.22. The zero-order valence-corrected chi connectivity index (χ0v) is 12.8. The van der Waals surface area contributed by atoms with Crippen LogP contribution in [0.25, 0.3) is 0 Å². The predicted octanol–water partition coefficient (Wildman–Crippen LogP) is 4.99. The maximum atomic E-state index is 6.08. The van der Waals surface area contributed by atoms with Crippen LogP contribution in [-0.4, -0.2) is 4.98 Å². The van der Waals surface area contributed by atoms with Crippen LogP contribution in [0.5, 0.6) is 0 Å². The highest BCUT2D eigenvalue weighted by Gasteiger charge is 2.17. The number of nitrogens with zero attached hydrogens (tertiary/aromatic N) is 1. The van der Waals surface area contributed by atoms with Gasteiger partial charge in [0.1, 0.15) is 5.01 Å². The second-order valence-electron chi connectivity index (χ2n) is 4.51. The number of rotatable bonds is 6. The second-order valence-corrected chi connectivity index (χ2v) is 5.88. The molecule has 2 nitrogen and oxygen atoms in total. The molecule has 0 aliphatic carbocycles. The van der Waals surface area contributed by atoms with Gasteiger partial charge in [-0.15, -0.1) is 11.3 Å². The number of hydrogen-bond acceptors (Lipinski definition) is 3. The van der Waals surface area contributed by atoms with Gasteiger partial charge in [-0.25, -0.2) is 4.98 Å². The molecule has 2 unspecified atom stereocenters. The summed E-state index contributed by atoms with van der Waals surface area (Å²) in [5.41, 5.74) is 1.24. The van der Waals surface area contributed by atoms with E-state index in [1.54, 1.807) is 11.3 Å². The fourth-order valence-electron chi connectivity index (χ4n) is 2.19. The smallest absolute Gasteiger partial charge is 0.109 e. The first-order valence-electron chi connectivity index (χ1n) is 6.65. The Balaban J connectivity index is 2.14. The van der Waals surface area contributed by atoms with Crippen molar-refractivity contribution >= 4 is 22.9 Å². The SMILES string of the molecule is CCC(NC(CC)c1nccs1)c1cccc(Cl)c1. The lowest BCUT2D eigenvalue weighted by molar-refractivity contribution is 0.425. The average Bonchev–Trinajstić information content (AvgIpc) is 2.94. The van der Waals surface area contributed by atoms with Gasteiger partial charge < -0.3 is 5.32 Å². The fraction of sp³-hybridized carbons (Fsp3) is 0.400. The van der Waals surface area contributed by atoms with E-state index in [0.29, 0.717) is 12.1 Å². The van der Waals surface area contributed by atoms with Gasteiger partial charge in [-0.3, -0.25) is 0 Å². The van der Waals surface area contributed by atoms with Crippen LogP contribution in [0, 0.1) is 0 Å². The largest absolute Gasteiger partial charge is 0.301 e. The zero-order chi connectivity index (χ0) is 13.7. The van der Waals surface area contributed by atoms with Crippen molar-refractivity contribution in [3.8, 4) is 0 Å². The topological polar surface area (TPSA) is 24.9 Å². The summed E-state index contributed by atoms with van der Waals surface area (Å²) in [5.74, 6) is 0. The Bertz CT molecular complexity index is 499. The maximum Gasteiger partial charge on any atom is 0.109 e. The summed E-state index contributed by atoms with van der Waals surface area (Å²) in [7, 11) is 0. The van der Waals surface area contributed by atoms with E-state index in [4.69, 9.17) is 11.6 Å². The van der Waals surface area contributed by atoms with Gasteiger partial charge in [0, 0.05) is 22.6 Å². The van der Waals surface area contributed by atoms with E-state index in [2.05, 4.69) is 30.2 Å². The predicted molar refractivity (Wildman–Crippen MR) is 82.8 cm³/mol. The molecule has 0 amide bonds. The molecule has 0 aliphatic heterocycles. The number of nitrogens with one attached hydrogen (secondary N) is 1. The monoisotopic (exact) mass is 294 g/mol. The molecular formula is C15H19ClN2S. The van der Waals surface area contributed by atoms with Crippen LogP contribution in [0.3, 0.4) is 0 Å². The quantitative estimate of drug-likeness (QED) is 0.812. The average molecular weight is 295 g/mol. The van der Waals surface area contributed by atoms with Crippen molar-refractivity contribution in [2.24, 2.45) is 0 Å². The lowest BCUT2D eigenvalue weighted by Crippen LogP contribution is -2.25. The molecule has 19 heavy (non-hydrogen) atoms. The Kier molecular flexibility index (Phi) is 5.37. The van der Waals surface area contributed by atoms with Crippen LogP contribution in [-0.2, 0) is 0 Å². The molecule has 0 saturated heterocycles. The van der Waals surface area contributed by atoms with Gasteiger partial charge in [-0.05, 0) is 30.5 Å². The van der Waals surface area contributed by atoms with E-state index >= 15 is 0 Å². The molecular weight excluding hydrogens is 276 g/mol. The molecule has 4 heteroatoms. The number of halogens is 1. The molecule has 0 bridgehead atoms. The van der Waals surface area contributed by atoms with Crippen molar-refractivity contribution in [3.63, 3.8) is 0 Å². The third kappa shape index (κ3) is 3.78. The summed E-state index contributed by atoms with van der Waals surface area (Å²) in [6.45, 7) is 4.37. The summed E-state index contributed by atoms with van der Waals surface area (Å²) >= 11 is 7.78. The Hall–Kier alpha value is -0.900. The first-order chi connectivity index (χ1) is 9.24. The highest BCUT2D eigenvalue weighted by Crippen LogP contribution is 2.26. The molecule has 1 N–H and O–H groups in total.